The van der Waals surface area contributed by atoms with Gasteiger partial charge in [0.15, 0.2) is 0 Å². The number of methoxy groups -OCH3 is 1. The number of hydrogen-bond donors (Lipinski definition) is 1. The van der Waals surface area contributed by atoms with Crippen molar-refractivity contribution in [1.29, 1.82) is 0 Å². The monoisotopic (exact) mass is 336 g/mol. The van der Waals surface area contributed by atoms with Gasteiger partial charge < -0.3 is 20.1 Å². The van der Waals surface area contributed by atoms with Gasteiger partial charge in [-0.25, -0.2) is 9.97 Å². The van der Waals surface area contributed by atoms with E-state index in [1.54, 1.807) is 13.2 Å². The molecule has 25 heavy (non-hydrogen) atoms. The molecule has 6 nitrogen and oxygen atoms in total. The molecular weight excluding hydrogens is 316 g/mol. The first kappa shape index (κ1) is 15.7. The van der Waals surface area contributed by atoms with Crippen molar-refractivity contribution in [1.82, 2.24) is 9.97 Å². The maximum absolute atomic E-state index is 6.00. The van der Waals surface area contributed by atoms with E-state index in [1.165, 1.54) is 11.7 Å². The highest BCUT2D eigenvalue weighted by molar-refractivity contribution is 5.84. The van der Waals surface area contributed by atoms with Crippen LogP contribution in [0.1, 0.15) is 11.7 Å². The van der Waals surface area contributed by atoms with Crippen LogP contribution in [-0.4, -0.2) is 36.8 Å². The SMILES string of the molecule is COc1ccc2cc(C3CN(c4cc(N)ncn4)CCO3)ccc2c1. The van der Waals surface area contributed by atoms with E-state index in [0.717, 1.165) is 35.6 Å². The second kappa shape index (κ2) is 6.57. The van der Waals surface area contributed by atoms with Crippen LogP contribution in [0.5, 0.6) is 5.75 Å². The van der Waals surface area contributed by atoms with E-state index >= 15 is 0 Å². The van der Waals surface area contributed by atoms with Crippen molar-refractivity contribution < 1.29 is 9.47 Å². The number of rotatable bonds is 3. The van der Waals surface area contributed by atoms with Crippen LogP contribution in [0.15, 0.2) is 48.8 Å². The van der Waals surface area contributed by atoms with Gasteiger partial charge in [0.1, 0.15) is 29.8 Å². The first-order valence-electron chi connectivity index (χ1n) is 8.25. The second-order valence-electron chi connectivity index (χ2n) is 6.08. The van der Waals surface area contributed by atoms with Gasteiger partial charge in [0.05, 0.1) is 13.7 Å². The standard InChI is InChI=1S/C19H20N4O2/c1-24-16-5-4-13-8-15(3-2-14(13)9-16)17-11-23(6-7-25-17)19-10-18(20)21-12-22-19/h2-5,8-10,12,17H,6-7,11H2,1H3,(H2,20,21,22). The minimum Gasteiger partial charge on any atom is -0.497 e. The molecule has 1 aliphatic rings. The van der Waals surface area contributed by atoms with Crippen LogP contribution in [0.2, 0.25) is 0 Å². The summed E-state index contributed by atoms with van der Waals surface area (Å²) in [6.07, 6.45) is 1.50. The van der Waals surface area contributed by atoms with Gasteiger partial charge in [0, 0.05) is 19.2 Å². The summed E-state index contributed by atoms with van der Waals surface area (Å²) < 4.78 is 11.3. The quantitative estimate of drug-likeness (QED) is 0.793. The van der Waals surface area contributed by atoms with E-state index in [2.05, 4.69) is 39.1 Å². The summed E-state index contributed by atoms with van der Waals surface area (Å²) in [4.78, 5) is 10.5. The third-order valence-electron chi connectivity index (χ3n) is 4.51. The van der Waals surface area contributed by atoms with E-state index < -0.39 is 0 Å². The number of ether oxygens (including phenoxy) is 2. The van der Waals surface area contributed by atoms with Crippen LogP contribution >= 0.6 is 0 Å². The average Bonchev–Trinajstić information content (AvgIpc) is 2.67. The van der Waals surface area contributed by atoms with Crippen LogP contribution < -0.4 is 15.4 Å². The highest BCUT2D eigenvalue weighted by Crippen LogP contribution is 2.29. The molecule has 0 saturated carbocycles. The normalized spacial score (nSPS) is 17.6. The topological polar surface area (TPSA) is 73.5 Å². The molecule has 4 rings (SSSR count). The Morgan fingerprint density at radius 3 is 2.80 bits per heavy atom. The Morgan fingerprint density at radius 1 is 1.12 bits per heavy atom. The molecule has 2 heterocycles. The Balaban J connectivity index is 1.59. The lowest BCUT2D eigenvalue weighted by Gasteiger charge is -2.34. The molecule has 6 heteroatoms. The molecule has 2 aromatic carbocycles. The summed E-state index contributed by atoms with van der Waals surface area (Å²) in [6, 6.07) is 14.3. The Morgan fingerprint density at radius 2 is 1.96 bits per heavy atom. The summed E-state index contributed by atoms with van der Waals surface area (Å²) in [7, 11) is 1.68. The first-order valence-corrected chi connectivity index (χ1v) is 8.25. The smallest absolute Gasteiger partial charge is 0.134 e. The highest BCUT2D eigenvalue weighted by Gasteiger charge is 2.23. The van der Waals surface area contributed by atoms with Gasteiger partial charge >= 0.3 is 0 Å². The minimum absolute atomic E-state index is 0.00329. The molecule has 1 saturated heterocycles. The van der Waals surface area contributed by atoms with E-state index in [0.29, 0.717) is 12.4 Å². The van der Waals surface area contributed by atoms with Crippen LogP contribution in [0.3, 0.4) is 0 Å². The molecule has 1 fully saturated rings. The Hall–Kier alpha value is -2.86. The van der Waals surface area contributed by atoms with Crippen molar-refractivity contribution >= 4 is 22.4 Å². The summed E-state index contributed by atoms with van der Waals surface area (Å²) in [5.74, 6) is 2.18. The fourth-order valence-corrected chi connectivity index (χ4v) is 3.16. The Kier molecular flexibility index (Phi) is 4.11. The van der Waals surface area contributed by atoms with Gasteiger partial charge in [0.2, 0.25) is 0 Å². The number of anilines is 2. The van der Waals surface area contributed by atoms with Crippen LogP contribution in [0.4, 0.5) is 11.6 Å². The fourth-order valence-electron chi connectivity index (χ4n) is 3.16. The number of benzene rings is 2. The summed E-state index contributed by atoms with van der Waals surface area (Å²) in [6.45, 7) is 2.17. The Labute approximate surface area is 146 Å². The summed E-state index contributed by atoms with van der Waals surface area (Å²) >= 11 is 0. The van der Waals surface area contributed by atoms with E-state index in [9.17, 15) is 0 Å². The molecule has 0 aliphatic carbocycles. The molecule has 1 aliphatic heterocycles. The van der Waals surface area contributed by atoms with Crippen molar-refractivity contribution in [3.63, 3.8) is 0 Å². The minimum atomic E-state index is -0.00329. The average molecular weight is 336 g/mol. The zero-order valence-corrected chi connectivity index (χ0v) is 14.1. The van der Waals surface area contributed by atoms with E-state index in [-0.39, 0.29) is 6.10 Å². The molecule has 1 unspecified atom stereocenters. The lowest BCUT2D eigenvalue weighted by molar-refractivity contribution is 0.0396. The first-order chi connectivity index (χ1) is 12.2. The fraction of sp³-hybridized carbons (Fsp3) is 0.263. The molecule has 0 bridgehead atoms. The van der Waals surface area contributed by atoms with Crippen LogP contribution in [0, 0.1) is 0 Å². The molecule has 0 radical (unpaired) electrons. The lowest BCUT2D eigenvalue weighted by Crippen LogP contribution is -2.38. The molecule has 2 N–H and O–H groups in total. The van der Waals surface area contributed by atoms with Gasteiger partial charge in [0.25, 0.3) is 0 Å². The number of nitrogen functional groups attached to an aromatic ring is 1. The lowest BCUT2D eigenvalue weighted by atomic mass is 10.0. The van der Waals surface area contributed by atoms with Crippen molar-refractivity contribution in [3.8, 4) is 5.75 Å². The van der Waals surface area contributed by atoms with Crippen LogP contribution in [0.25, 0.3) is 10.8 Å². The summed E-state index contributed by atoms with van der Waals surface area (Å²) in [5, 5.41) is 2.32. The highest BCUT2D eigenvalue weighted by atomic mass is 16.5. The molecule has 0 spiro atoms. The maximum Gasteiger partial charge on any atom is 0.134 e. The van der Waals surface area contributed by atoms with Crippen molar-refractivity contribution in [2.75, 3.05) is 37.4 Å². The third kappa shape index (κ3) is 3.21. The number of nitrogens with two attached hydrogens (primary N) is 1. The number of fused-ring (bicyclic) bond motifs is 1. The van der Waals surface area contributed by atoms with Gasteiger partial charge in [-0.15, -0.1) is 0 Å². The third-order valence-corrected chi connectivity index (χ3v) is 4.51. The molecular formula is C19H20N4O2. The van der Waals surface area contributed by atoms with Crippen molar-refractivity contribution in [2.45, 2.75) is 6.10 Å². The number of hydrogen-bond acceptors (Lipinski definition) is 6. The zero-order chi connectivity index (χ0) is 17.2. The molecule has 3 aromatic rings. The molecule has 0 amide bonds. The van der Waals surface area contributed by atoms with Gasteiger partial charge in [-0.1, -0.05) is 18.2 Å². The molecule has 128 valence electrons. The van der Waals surface area contributed by atoms with E-state index in [4.69, 9.17) is 15.2 Å². The zero-order valence-electron chi connectivity index (χ0n) is 14.1. The van der Waals surface area contributed by atoms with Gasteiger partial charge in [-0.3, -0.25) is 0 Å². The number of aromatic nitrogens is 2. The predicted octanol–water partition coefficient (Wildman–Crippen LogP) is 2.80. The molecule has 1 aromatic heterocycles. The Bertz CT molecular complexity index is 899. The second-order valence-corrected chi connectivity index (χ2v) is 6.08. The maximum atomic E-state index is 6.00. The van der Waals surface area contributed by atoms with Gasteiger partial charge in [-0.05, 0) is 34.5 Å². The molecule has 1 atom stereocenters. The van der Waals surface area contributed by atoms with E-state index in [1.807, 2.05) is 12.1 Å². The number of morpholine rings is 1. The van der Waals surface area contributed by atoms with Crippen molar-refractivity contribution in [2.24, 2.45) is 0 Å². The van der Waals surface area contributed by atoms with Gasteiger partial charge in [-0.2, -0.15) is 0 Å². The summed E-state index contributed by atoms with van der Waals surface area (Å²) in [5.41, 5.74) is 6.93. The van der Waals surface area contributed by atoms with Crippen molar-refractivity contribution in [3.05, 3.63) is 54.4 Å². The predicted molar refractivity (Wildman–Crippen MR) is 97.9 cm³/mol. The number of nitrogens with zero attached hydrogens (tertiary/aromatic N) is 3. The largest absolute Gasteiger partial charge is 0.497 e. The van der Waals surface area contributed by atoms with Crippen LogP contribution in [-0.2, 0) is 4.74 Å².